The molecule has 5 nitrogen and oxygen atoms in total. The van der Waals surface area contributed by atoms with Crippen molar-refractivity contribution in [2.45, 2.75) is 38.6 Å². The molecule has 0 radical (unpaired) electrons. The molecule has 2 aromatic rings. The minimum absolute atomic E-state index is 0.600. The summed E-state index contributed by atoms with van der Waals surface area (Å²) in [6.07, 6.45) is 6.75. The number of hydrogen-bond acceptors (Lipinski definition) is 5. The second kappa shape index (κ2) is 8.30. The highest BCUT2D eigenvalue weighted by Gasteiger charge is 2.13. The van der Waals surface area contributed by atoms with Crippen LogP contribution in [0.1, 0.15) is 31.2 Å². The summed E-state index contributed by atoms with van der Waals surface area (Å²) >= 11 is 0. The van der Waals surface area contributed by atoms with E-state index in [2.05, 4.69) is 34.3 Å². The Morgan fingerprint density at radius 1 is 1.24 bits per heavy atom. The summed E-state index contributed by atoms with van der Waals surface area (Å²) in [5.41, 5.74) is 3.21. The Labute approximate surface area is 150 Å². The third kappa shape index (κ3) is 4.69. The van der Waals surface area contributed by atoms with Crippen LogP contribution in [0.3, 0.4) is 0 Å². The van der Waals surface area contributed by atoms with E-state index in [4.69, 9.17) is 4.74 Å². The van der Waals surface area contributed by atoms with Crippen LogP contribution in [0.4, 0.5) is 5.95 Å². The van der Waals surface area contributed by atoms with Gasteiger partial charge in [-0.05, 0) is 56.5 Å². The minimum atomic E-state index is 0.600. The van der Waals surface area contributed by atoms with Gasteiger partial charge in [-0.25, -0.2) is 9.97 Å². The highest BCUT2D eigenvalue weighted by atomic mass is 16.5. The molecule has 5 heteroatoms. The van der Waals surface area contributed by atoms with Crippen LogP contribution in [0, 0.1) is 6.92 Å². The fraction of sp³-hybridized carbons (Fsp3) is 0.500. The lowest BCUT2D eigenvalue weighted by Gasteiger charge is -2.23. The number of anilines is 1. The van der Waals surface area contributed by atoms with Crippen molar-refractivity contribution in [3.8, 4) is 17.0 Å². The average molecular weight is 340 g/mol. The number of nitrogens with one attached hydrogen (secondary N) is 1. The van der Waals surface area contributed by atoms with Crippen LogP contribution < -0.4 is 15.0 Å². The van der Waals surface area contributed by atoms with Crippen molar-refractivity contribution in [1.82, 2.24) is 15.3 Å². The highest BCUT2D eigenvalue weighted by molar-refractivity contribution is 5.66. The lowest BCUT2D eigenvalue weighted by Crippen LogP contribution is -2.35. The van der Waals surface area contributed by atoms with Crippen LogP contribution in [-0.4, -0.2) is 43.3 Å². The summed E-state index contributed by atoms with van der Waals surface area (Å²) in [4.78, 5) is 10.9. The lowest BCUT2D eigenvalue weighted by molar-refractivity contribution is 0.268. The fourth-order valence-electron chi connectivity index (χ4n) is 3.17. The summed E-state index contributed by atoms with van der Waals surface area (Å²) < 4.78 is 6.01. The van der Waals surface area contributed by atoms with Crippen molar-refractivity contribution in [2.75, 3.05) is 32.1 Å². The van der Waals surface area contributed by atoms with Gasteiger partial charge in [0.2, 0.25) is 5.95 Å². The first kappa shape index (κ1) is 17.7. The third-order valence-electron chi connectivity index (χ3n) is 4.68. The third-order valence-corrected chi connectivity index (χ3v) is 4.68. The Hall–Kier alpha value is -2.14. The maximum atomic E-state index is 6.01. The lowest BCUT2D eigenvalue weighted by atomic mass is 10.0. The monoisotopic (exact) mass is 340 g/mol. The van der Waals surface area contributed by atoms with Gasteiger partial charge in [0.25, 0.3) is 0 Å². The molecule has 0 bridgehead atoms. The molecule has 0 saturated carbocycles. The van der Waals surface area contributed by atoms with Crippen LogP contribution in [-0.2, 0) is 0 Å². The van der Waals surface area contributed by atoms with E-state index < -0.39 is 0 Å². The Balaban J connectivity index is 1.68. The summed E-state index contributed by atoms with van der Waals surface area (Å²) in [6.45, 7) is 3.98. The molecule has 1 saturated heterocycles. The van der Waals surface area contributed by atoms with Crippen LogP contribution in [0.5, 0.6) is 5.75 Å². The van der Waals surface area contributed by atoms with E-state index in [-0.39, 0.29) is 0 Å². The second-order valence-corrected chi connectivity index (χ2v) is 6.90. The van der Waals surface area contributed by atoms with Crippen molar-refractivity contribution in [1.29, 1.82) is 0 Å². The topological polar surface area (TPSA) is 50.3 Å². The van der Waals surface area contributed by atoms with E-state index >= 15 is 0 Å². The SMILES string of the molecule is Cc1ccc(OCCC2CCCCN2)cc1-c1ccnc(N(C)C)n1. The van der Waals surface area contributed by atoms with Gasteiger partial charge < -0.3 is 15.0 Å². The van der Waals surface area contributed by atoms with Crippen molar-refractivity contribution >= 4 is 5.95 Å². The van der Waals surface area contributed by atoms with Gasteiger partial charge in [-0.3, -0.25) is 0 Å². The number of piperidine rings is 1. The minimum Gasteiger partial charge on any atom is -0.494 e. The Bertz CT molecular complexity index is 696. The molecular weight excluding hydrogens is 312 g/mol. The molecule has 1 fully saturated rings. The number of aromatic nitrogens is 2. The number of rotatable bonds is 6. The zero-order valence-corrected chi connectivity index (χ0v) is 15.5. The first-order valence-corrected chi connectivity index (χ1v) is 9.11. The quantitative estimate of drug-likeness (QED) is 0.873. The number of nitrogens with zero attached hydrogens (tertiary/aromatic N) is 3. The average Bonchev–Trinajstić information content (AvgIpc) is 2.64. The molecule has 1 atom stereocenters. The van der Waals surface area contributed by atoms with Gasteiger partial charge >= 0.3 is 0 Å². The molecule has 1 unspecified atom stereocenters. The Morgan fingerprint density at radius 3 is 2.88 bits per heavy atom. The number of hydrogen-bond donors (Lipinski definition) is 1. The summed E-state index contributed by atoms with van der Waals surface area (Å²) in [5, 5.41) is 3.57. The zero-order chi connectivity index (χ0) is 17.6. The van der Waals surface area contributed by atoms with Gasteiger partial charge in [-0.2, -0.15) is 0 Å². The van der Waals surface area contributed by atoms with Gasteiger partial charge in [0.1, 0.15) is 5.75 Å². The first-order chi connectivity index (χ1) is 12.1. The largest absolute Gasteiger partial charge is 0.494 e. The summed E-state index contributed by atoms with van der Waals surface area (Å²) in [5.74, 6) is 1.62. The van der Waals surface area contributed by atoms with E-state index in [1.807, 2.05) is 31.1 Å². The zero-order valence-electron chi connectivity index (χ0n) is 15.5. The van der Waals surface area contributed by atoms with Gasteiger partial charge in [-0.1, -0.05) is 12.5 Å². The van der Waals surface area contributed by atoms with E-state index in [1.54, 1.807) is 6.20 Å². The predicted molar refractivity (Wildman–Crippen MR) is 102 cm³/mol. The molecule has 134 valence electrons. The van der Waals surface area contributed by atoms with Crippen LogP contribution in [0.15, 0.2) is 30.5 Å². The second-order valence-electron chi connectivity index (χ2n) is 6.90. The smallest absolute Gasteiger partial charge is 0.225 e. The summed E-state index contributed by atoms with van der Waals surface area (Å²) in [7, 11) is 3.90. The molecule has 1 aliphatic heterocycles. The number of aryl methyl sites for hydroxylation is 1. The molecule has 25 heavy (non-hydrogen) atoms. The van der Waals surface area contributed by atoms with Crippen molar-refractivity contribution in [3.05, 3.63) is 36.0 Å². The van der Waals surface area contributed by atoms with Gasteiger partial charge in [0.05, 0.1) is 12.3 Å². The molecular formula is C20H28N4O. The standard InChI is InChI=1S/C20H28N4O/c1-15-7-8-17(25-13-10-16-6-4-5-11-21-16)14-18(15)19-9-12-22-20(23-19)24(2)3/h7-9,12,14,16,21H,4-6,10-11,13H2,1-3H3. The van der Waals surface area contributed by atoms with Crippen LogP contribution in [0.2, 0.25) is 0 Å². The Morgan fingerprint density at radius 2 is 2.12 bits per heavy atom. The highest BCUT2D eigenvalue weighted by Crippen LogP contribution is 2.27. The molecule has 0 aliphatic carbocycles. The van der Waals surface area contributed by atoms with Gasteiger partial charge in [0.15, 0.2) is 0 Å². The van der Waals surface area contributed by atoms with E-state index in [1.165, 1.54) is 24.8 Å². The number of benzene rings is 1. The molecule has 0 amide bonds. The van der Waals surface area contributed by atoms with E-state index in [9.17, 15) is 0 Å². The number of ether oxygens (including phenoxy) is 1. The molecule has 3 rings (SSSR count). The maximum absolute atomic E-state index is 6.01. The fourth-order valence-corrected chi connectivity index (χ4v) is 3.17. The van der Waals surface area contributed by atoms with Crippen LogP contribution in [0.25, 0.3) is 11.3 Å². The Kier molecular flexibility index (Phi) is 5.87. The molecule has 1 aliphatic rings. The van der Waals surface area contributed by atoms with Gasteiger partial charge in [-0.15, -0.1) is 0 Å². The van der Waals surface area contributed by atoms with Gasteiger partial charge in [0, 0.05) is 31.9 Å². The normalized spacial score (nSPS) is 17.3. The van der Waals surface area contributed by atoms with Crippen molar-refractivity contribution in [3.63, 3.8) is 0 Å². The predicted octanol–water partition coefficient (Wildman–Crippen LogP) is 3.43. The van der Waals surface area contributed by atoms with Crippen molar-refractivity contribution < 1.29 is 4.74 Å². The maximum Gasteiger partial charge on any atom is 0.225 e. The van der Waals surface area contributed by atoms with E-state index in [0.717, 1.165) is 36.6 Å². The molecule has 1 aromatic carbocycles. The summed E-state index contributed by atoms with van der Waals surface area (Å²) in [6, 6.07) is 8.78. The molecule has 2 heterocycles. The van der Waals surface area contributed by atoms with E-state index in [0.29, 0.717) is 12.0 Å². The molecule has 0 spiro atoms. The molecule has 1 aromatic heterocycles. The van der Waals surface area contributed by atoms with Crippen LogP contribution >= 0.6 is 0 Å². The van der Waals surface area contributed by atoms with Crippen molar-refractivity contribution in [2.24, 2.45) is 0 Å². The molecule has 1 N–H and O–H groups in total. The first-order valence-electron chi connectivity index (χ1n) is 9.11.